The highest BCUT2D eigenvalue weighted by Crippen LogP contribution is 2.43. The molecule has 12 nitrogen and oxygen atoms in total. The van der Waals surface area contributed by atoms with E-state index in [-0.39, 0.29) is 38.0 Å². The van der Waals surface area contributed by atoms with Crippen LogP contribution in [0.3, 0.4) is 0 Å². The van der Waals surface area contributed by atoms with Crippen molar-refractivity contribution >= 4 is 75.3 Å². The molecule has 2 aliphatic heterocycles. The summed E-state index contributed by atoms with van der Waals surface area (Å²) in [6, 6.07) is 14.6. The topological polar surface area (TPSA) is 141 Å². The molecule has 46 heavy (non-hydrogen) atoms. The van der Waals surface area contributed by atoms with Gasteiger partial charge in [-0.05, 0) is 36.4 Å². The van der Waals surface area contributed by atoms with Crippen LogP contribution in [0.15, 0.2) is 70.7 Å². The van der Waals surface area contributed by atoms with Crippen molar-refractivity contribution in [2.24, 2.45) is 0 Å². The lowest BCUT2D eigenvalue weighted by molar-refractivity contribution is 0.0694. The average Bonchev–Trinajstić information content (AvgIpc) is 3.05. The lowest BCUT2D eigenvalue weighted by Crippen LogP contribution is -2.50. The highest BCUT2D eigenvalue weighted by atomic mass is 33.1. The van der Waals surface area contributed by atoms with Crippen LogP contribution in [0.25, 0.3) is 21.8 Å². The Balaban J connectivity index is 1.21. The third kappa shape index (κ3) is 6.73. The fourth-order valence-corrected chi connectivity index (χ4v) is 9.59. The van der Waals surface area contributed by atoms with E-state index in [1.807, 2.05) is 24.3 Å². The van der Waals surface area contributed by atoms with E-state index in [1.54, 1.807) is 46.5 Å². The van der Waals surface area contributed by atoms with Crippen molar-refractivity contribution in [2.45, 2.75) is 9.79 Å². The van der Waals surface area contributed by atoms with Gasteiger partial charge in [0.05, 0.1) is 23.5 Å². The van der Waals surface area contributed by atoms with E-state index < -0.39 is 20.0 Å². The van der Waals surface area contributed by atoms with Gasteiger partial charge in [0.25, 0.3) is 11.8 Å². The Hall–Kier alpha value is -3.28. The number of pyridine rings is 2. The molecule has 2 saturated heterocycles. The minimum Gasteiger partial charge on any atom is -0.336 e. The third-order valence-electron chi connectivity index (χ3n) is 8.14. The molecular weight excluding hydrogens is 669 g/mol. The number of rotatable bonds is 7. The molecule has 0 N–H and O–H groups in total. The van der Waals surface area contributed by atoms with Gasteiger partial charge in [0.15, 0.2) is 0 Å². The maximum Gasteiger partial charge on any atom is 0.254 e. The second-order valence-electron chi connectivity index (χ2n) is 11.1. The lowest BCUT2D eigenvalue weighted by atomic mass is 10.1. The molecule has 0 radical (unpaired) electrons. The number of piperazine rings is 2. The summed E-state index contributed by atoms with van der Waals surface area (Å²) in [7, 11) is -3.65. The third-order valence-corrected chi connectivity index (χ3v) is 13.2. The molecule has 0 atom stereocenters. The van der Waals surface area contributed by atoms with Gasteiger partial charge in [-0.2, -0.15) is 8.61 Å². The molecule has 242 valence electrons. The number of hydrogen-bond donors (Lipinski definition) is 0. The molecule has 6 rings (SSSR count). The van der Waals surface area contributed by atoms with Crippen LogP contribution in [-0.2, 0) is 20.0 Å². The van der Waals surface area contributed by atoms with Crippen LogP contribution in [0.1, 0.15) is 20.7 Å². The first-order chi connectivity index (χ1) is 21.9. The summed E-state index contributed by atoms with van der Waals surface area (Å²) in [5, 5.41) is 1.42. The van der Waals surface area contributed by atoms with Gasteiger partial charge >= 0.3 is 0 Å². The fourth-order valence-electron chi connectivity index (χ4n) is 5.68. The highest BCUT2D eigenvalue weighted by Gasteiger charge is 2.29. The van der Waals surface area contributed by atoms with Gasteiger partial charge in [-0.25, -0.2) is 16.8 Å². The first-order valence-electron chi connectivity index (χ1n) is 14.5. The fraction of sp³-hybridized carbons (Fsp3) is 0.333. The molecule has 2 aromatic carbocycles. The molecule has 2 fully saturated rings. The average molecular weight is 701 g/mol. The summed E-state index contributed by atoms with van der Waals surface area (Å²) < 4.78 is 50.4. The van der Waals surface area contributed by atoms with Crippen LogP contribution in [0, 0.1) is 0 Å². The zero-order valence-corrected chi connectivity index (χ0v) is 28.5. The van der Waals surface area contributed by atoms with Gasteiger partial charge in [0.2, 0.25) is 20.0 Å². The van der Waals surface area contributed by atoms with Gasteiger partial charge in [-0.3, -0.25) is 19.6 Å². The van der Waals surface area contributed by atoms with Crippen LogP contribution in [0.5, 0.6) is 0 Å². The number of sulfonamides is 2. The molecule has 2 aliphatic rings. The molecule has 0 bridgehead atoms. The number of hydrogen-bond acceptors (Lipinski definition) is 10. The van der Waals surface area contributed by atoms with E-state index in [0.717, 1.165) is 9.79 Å². The smallest absolute Gasteiger partial charge is 0.254 e. The molecule has 2 amide bonds. The summed E-state index contributed by atoms with van der Waals surface area (Å²) in [4.78, 5) is 41.3. The van der Waals surface area contributed by atoms with E-state index >= 15 is 0 Å². The van der Waals surface area contributed by atoms with Crippen LogP contribution >= 0.6 is 21.6 Å². The van der Waals surface area contributed by atoms with Crippen LogP contribution in [0.2, 0.25) is 0 Å². The Labute approximate surface area is 275 Å². The second kappa shape index (κ2) is 13.1. The first-order valence-corrected chi connectivity index (χ1v) is 20.4. The quantitative estimate of drug-likeness (QED) is 0.264. The Morgan fingerprint density at radius 2 is 0.957 bits per heavy atom. The van der Waals surface area contributed by atoms with E-state index in [4.69, 9.17) is 0 Å². The van der Waals surface area contributed by atoms with Gasteiger partial charge < -0.3 is 9.80 Å². The largest absolute Gasteiger partial charge is 0.336 e. The van der Waals surface area contributed by atoms with Gasteiger partial charge in [-0.1, -0.05) is 33.7 Å². The predicted octanol–water partition coefficient (Wildman–Crippen LogP) is 3.02. The molecular formula is C30H32N6O6S4. The molecule has 0 aliphatic carbocycles. The van der Waals surface area contributed by atoms with Crippen LogP contribution in [-0.4, -0.2) is 122 Å². The van der Waals surface area contributed by atoms with Gasteiger partial charge in [-0.15, -0.1) is 0 Å². The highest BCUT2D eigenvalue weighted by molar-refractivity contribution is 8.76. The minimum absolute atomic E-state index is 0.163. The zero-order chi connectivity index (χ0) is 32.6. The number of aromatic nitrogens is 2. The monoisotopic (exact) mass is 700 g/mol. The number of benzene rings is 2. The van der Waals surface area contributed by atoms with Crippen molar-refractivity contribution in [3.8, 4) is 0 Å². The standard InChI is InChI=1S/C30H32N6O6S4/c1-45(39,40)35-17-13-33(14-18-35)29(37)23-7-9-25(27-21(23)5-3-11-31-27)43-44-26-10-8-24(22-6-4-12-32-28(22)26)30(38)34-15-19-36(20-16-34)46(2,41)42/h3-12H,13-20H2,1-2H3. The summed E-state index contributed by atoms with van der Waals surface area (Å²) in [6.07, 6.45) is 5.72. The van der Waals surface area contributed by atoms with Gasteiger partial charge in [0.1, 0.15) is 0 Å². The SMILES string of the molecule is CS(=O)(=O)N1CCN(C(=O)c2ccc(SSc3ccc(C(=O)N4CCN(S(C)(=O)=O)CC4)c4cccnc34)c3ncccc23)CC1. The summed E-state index contributed by atoms with van der Waals surface area (Å²) in [5.74, 6) is -0.327. The van der Waals surface area contributed by atoms with Crippen LogP contribution in [0.4, 0.5) is 0 Å². The molecule has 16 heteroatoms. The maximum atomic E-state index is 13.5. The van der Waals surface area contributed by atoms with Gasteiger partial charge in [0, 0.05) is 96.4 Å². The second-order valence-corrected chi connectivity index (χ2v) is 17.3. The normalized spacial score (nSPS) is 17.1. The van der Waals surface area contributed by atoms with E-state index in [2.05, 4.69) is 9.97 Å². The minimum atomic E-state index is -3.30. The molecule has 4 aromatic rings. The number of carbonyl (C=O) groups excluding carboxylic acids is 2. The number of nitrogens with zero attached hydrogens (tertiary/aromatic N) is 6. The number of fused-ring (bicyclic) bond motifs is 2. The molecule has 2 aromatic heterocycles. The summed E-state index contributed by atoms with van der Waals surface area (Å²) in [5.41, 5.74) is 2.38. The Kier molecular flexibility index (Phi) is 9.29. The van der Waals surface area contributed by atoms with Crippen molar-refractivity contribution in [1.82, 2.24) is 28.4 Å². The summed E-state index contributed by atoms with van der Waals surface area (Å²) in [6.45, 7) is 2.31. The molecule has 4 heterocycles. The van der Waals surface area contributed by atoms with Crippen molar-refractivity contribution in [2.75, 3.05) is 64.9 Å². The first kappa shape index (κ1) is 32.7. The van der Waals surface area contributed by atoms with E-state index in [0.29, 0.717) is 59.1 Å². The summed E-state index contributed by atoms with van der Waals surface area (Å²) >= 11 is 0. The molecule has 0 spiro atoms. The van der Waals surface area contributed by atoms with Crippen molar-refractivity contribution in [3.05, 3.63) is 72.1 Å². The maximum absolute atomic E-state index is 13.5. The Morgan fingerprint density at radius 3 is 1.30 bits per heavy atom. The van der Waals surface area contributed by atoms with Crippen molar-refractivity contribution in [3.63, 3.8) is 0 Å². The number of amides is 2. The predicted molar refractivity (Wildman–Crippen MR) is 180 cm³/mol. The zero-order valence-electron chi connectivity index (χ0n) is 25.2. The number of carbonyl (C=O) groups is 2. The van der Waals surface area contributed by atoms with Crippen molar-refractivity contribution in [1.29, 1.82) is 0 Å². The van der Waals surface area contributed by atoms with Crippen molar-refractivity contribution < 1.29 is 26.4 Å². The molecule has 0 unspecified atom stereocenters. The lowest BCUT2D eigenvalue weighted by Gasteiger charge is -2.33. The van der Waals surface area contributed by atoms with E-state index in [1.165, 1.54) is 42.7 Å². The Morgan fingerprint density at radius 1 is 0.587 bits per heavy atom. The molecule has 0 saturated carbocycles. The van der Waals surface area contributed by atoms with Crippen LogP contribution < -0.4 is 0 Å². The Bertz CT molecular complexity index is 1900. The van der Waals surface area contributed by atoms with E-state index in [9.17, 15) is 26.4 Å².